The number of amides is 2. The fraction of sp³-hybridized carbons (Fsp3) is 0.579. The van der Waals surface area contributed by atoms with E-state index >= 15 is 0 Å². The van der Waals surface area contributed by atoms with Crippen LogP contribution in [0.5, 0.6) is 0 Å². The van der Waals surface area contributed by atoms with Crippen molar-refractivity contribution in [3.63, 3.8) is 0 Å². The summed E-state index contributed by atoms with van der Waals surface area (Å²) in [5, 5.41) is 9.67. The van der Waals surface area contributed by atoms with Gasteiger partial charge in [-0.3, -0.25) is 9.59 Å². The van der Waals surface area contributed by atoms with Crippen molar-refractivity contribution in [1.82, 2.24) is 9.80 Å². The van der Waals surface area contributed by atoms with Gasteiger partial charge < -0.3 is 14.9 Å². The van der Waals surface area contributed by atoms with Crippen LogP contribution in [0.15, 0.2) is 24.3 Å². The average molecular weight is 365 g/mol. The topological polar surface area (TPSA) is 60.9 Å². The van der Waals surface area contributed by atoms with Crippen molar-refractivity contribution in [2.75, 3.05) is 32.8 Å². The number of carbonyl (C=O) groups is 2. The first-order valence-electron chi connectivity index (χ1n) is 8.96. The molecule has 2 amide bonds. The molecule has 1 aromatic carbocycles. The second-order valence-electron chi connectivity index (χ2n) is 7.23. The van der Waals surface area contributed by atoms with Crippen LogP contribution in [0.2, 0.25) is 5.02 Å². The summed E-state index contributed by atoms with van der Waals surface area (Å²) in [6.07, 6.45) is 3.98. The minimum atomic E-state index is -0.0102. The number of piperidine rings is 2. The lowest BCUT2D eigenvalue weighted by Gasteiger charge is -2.48. The predicted molar refractivity (Wildman–Crippen MR) is 96.5 cm³/mol. The van der Waals surface area contributed by atoms with Crippen LogP contribution < -0.4 is 0 Å². The fourth-order valence-corrected chi connectivity index (χ4v) is 4.18. The molecule has 2 aliphatic rings. The summed E-state index contributed by atoms with van der Waals surface area (Å²) in [6, 6.07) is 7.02. The van der Waals surface area contributed by atoms with Gasteiger partial charge in [0.05, 0.1) is 0 Å². The summed E-state index contributed by atoms with van der Waals surface area (Å²) in [5.41, 5.74) is 0.648. The molecule has 1 spiro atoms. The van der Waals surface area contributed by atoms with Gasteiger partial charge in [0.25, 0.3) is 5.91 Å². The second kappa shape index (κ2) is 7.75. The van der Waals surface area contributed by atoms with Gasteiger partial charge in [-0.1, -0.05) is 11.6 Å². The quantitative estimate of drug-likeness (QED) is 0.893. The van der Waals surface area contributed by atoms with Gasteiger partial charge in [-0.2, -0.15) is 0 Å². The lowest BCUT2D eigenvalue weighted by molar-refractivity contribution is -0.139. The van der Waals surface area contributed by atoms with Gasteiger partial charge in [0.15, 0.2) is 0 Å². The molecule has 1 atom stereocenters. The van der Waals surface area contributed by atoms with E-state index in [1.54, 1.807) is 24.3 Å². The lowest BCUT2D eigenvalue weighted by atomic mass is 9.73. The number of likely N-dealkylation sites (tertiary alicyclic amines) is 2. The minimum absolute atomic E-state index is 0.0102. The van der Waals surface area contributed by atoms with Crippen molar-refractivity contribution >= 4 is 23.4 Å². The van der Waals surface area contributed by atoms with Crippen LogP contribution in [0, 0.1) is 5.41 Å². The number of benzene rings is 1. The zero-order valence-corrected chi connectivity index (χ0v) is 15.2. The molecule has 1 unspecified atom stereocenters. The van der Waals surface area contributed by atoms with Gasteiger partial charge >= 0.3 is 0 Å². The van der Waals surface area contributed by atoms with E-state index in [0.717, 1.165) is 25.8 Å². The van der Waals surface area contributed by atoms with Crippen molar-refractivity contribution in [3.8, 4) is 0 Å². The van der Waals surface area contributed by atoms with Crippen molar-refractivity contribution in [2.45, 2.75) is 32.1 Å². The van der Waals surface area contributed by atoms with Crippen LogP contribution in [0.3, 0.4) is 0 Å². The highest BCUT2D eigenvalue weighted by Crippen LogP contribution is 2.39. The van der Waals surface area contributed by atoms with E-state index in [1.165, 1.54) is 0 Å². The Balaban J connectivity index is 1.70. The van der Waals surface area contributed by atoms with E-state index in [1.807, 2.05) is 9.80 Å². The molecule has 136 valence electrons. The summed E-state index contributed by atoms with van der Waals surface area (Å²) < 4.78 is 0. The van der Waals surface area contributed by atoms with E-state index in [4.69, 9.17) is 16.7 Å². The first-order valence-corrected chi connectivity index (χ1v) is 9.34. The highest BCUT2D eigenvalue weighted by atomic mass is 35.5. The molecular formula is C19H25ClN2O3. The molecule has 2 aliphatic heterocycles. The van der Waals surface area contributed by atoms with Gasteiger partial charge in [0.1, 0.15) is 0 Å². The SMILES string of the molecule is O=C1CCC2(CCCN(C(=O)c3ccc(Cl)cc3)C2)CN1CCCO. The van der Waals surface area contributed by atoms with E-state index in [-0.39, 0.29) is 23.8 Å². The Labute approximate surface area is 153 Å². The molecule has 2 saturated heterocycles. The van der Waals surface area contributed by atoms with Crippen LogP contribution in [0.1, 0.15) is 42.5 Å². The maximum atomic E-state index is 12.8. The van der Waals surface area contributed by atoms with Crippen molar-refractivity contribution in [2.24, 2.45) is 5.41 Å². The summed E-state index contributed by atoms with van der Waals surface area (Å²) in [5.74, 6) is 0.203. The van der Waals surface area contributed by atoms with Gasteiger partial charge in [-0.05, 0) is 49.9 Å². The molecule has 1 aromatic rings. The number of carbonyl (C=O) groups excluding carboxylic acids is 2. The van der Waals surface area contributed by atoms with Crippen molar-refractivity contribution in [1.29, 1.82) is 0 Å². The molecule has 0 saturated carbocycles. The molecule has 0 bridgehead atoms. The van der Waals surface area contributed by atoms with Crippen LogP contribution in [-0.2, 0) is 4.79 Å². The maximum absolute atomic E-state index is 12.8. The predicted octanol–water partition coefficient (Wildman–Crippen LogP) is 2.57. The van der Waals surface area contributed by atoms with Crippen LogP contribution in [0.25, 0.3) is 0 Å². The normalized spacial score (nSPS) is 24.0. The largest absolute Gasteiger partial charge is 0.396 e. The number of aliphatic hydroxyl groups excluding tert-OH is 1. The third-order valence-electron chi connectivity index (χ3n) is 5.37. The van der Waals surface area contributed by atoms with E-state index < -0.39 is 0 Å². The maximum Gasteiger partial charge on any atom is 0.253 e. The highest BCUT2D eigenvalue weighted by molar-refractivity contribution is 6.30. The zero-order valence-electron chi connectivity index (χ0n) is 14.4. The third-order valence-corrected chi connectivity index (χ3v) is 5.63. The molecule has 0 aromatic heterocycles. The molecule has 1 N–H and O–H groups in total. The Morgan fingerprint density at radius 2 is 1.96 bits per heavy atom. The van der Waals surface area contributed by atoms with Gasteiger partial charge in [-0.15, -0.1) is 0 Å². The molecule has 0 aliphatic carbocycles. The Hall–Kier alpha value is -1.59. The summed E-state index contributed by atoms with van der Waals surface area (Å²) in [7, 11) is 0. The number of hydrogen-bond donors (Lipinski definition) is 1. The highest BCUT2D eigenvalue weighted by Gasteiger charge is 2.42. The molecule has 5 nitrogen and oxygen atoms in total. The van der Waals surface area contributed by atoms with Crippen LogP contribution in [0.4, 0.5) is 0 Å². The van der Waals surface area contributed by atoms with Crippen molar-refractivity contribution in [3.05, 3.63) is 34.9 Å². The Kier molecular flexibility index (Phi) is 5.64. The molecular weight excluding hydrogens is 340 g/mol. The Bertz CT molecular complexity index is 634. The minimum Gasteiger partial charge on any atom is -0.396 e. The monoisotopic (exact) mass is 364 g/mol. The number of halogens is 1. The Morgan fingerprint density at radius 3 is 2.68 bits per heavy atom. The average Bonchev–Trinajstić information content (AvgIpc) is 2.63. The molecule has 2 fully saturated rings. The second-order valence-corrected chi connectivity index (χ2v) is 7.67. The number of nitrogens with zero attached hydrogens (tertiary/aromatic N) is 2. The standard InChI is InChI=1S/C19H25ClN2O3/c20-16-5-3-15(4-6-16)18(25)22-10-1-8-19(14-22)9-7-17(24)21(13-19)11-2-12-23/h3-6,23H,1-2,7-14H2. The lowest BCUT2D eigenvalue weighted by Crippen LogP contribution is -2.55. The van der Waals surface area contributed by atoms with E-state index in [2.05, 4.69) is 0 Å². The molecule has 3 rings (SSSR count). The number of hydrogen-bond acceptors (Lipinski definition) is 3. The molecule has 25 heavy (non-hydrogen) atoms. The summed E-state index contributed by atoms with van der Waals surface area (Å²) in [4.78, 5) is 28.8. The van der Waals surface area contributed by atoms with Crippen LogP contribution >= 0.6 is 11.6 Å². The Morgan fingerprint density at radius 1 is 1.20 bits per heavy atom. The zero-order chi connectivity index (χ0) is 17.9. The molecule has 2 heterocycles. The third kappa shape index (κ3) is 4.15. The molecule has 0 radical (unpaired) electrons. The summed E-state index contributed by atoms with van der Waals surface area (Å²) >= 11 is 5.91. The smallest absolute Gasteiger partial charge is 0.253 e. The van der Waals surface area contributed by atoms with Gasteiger partial charge in [0, 0.05) is 55.2 Å². The van der Waals surface area contributed by atoms with Gasteiger partial charge in [0.2, 0.25) is 5.91 Å². The number of rotatable bonds is 4. The summed E-state index contributed by atoms with van der Waals surface area (Å²) in [6.45, 7) is 2.83. The molecule has 6 heteroatoms. The van der Waals surface area contributed by atoms with Crippen LogP contribution in [-0.4, -0.2) is 59.5 Å². The van der Waals surface area contributed by atoms with E-state index in [0.29, 0.717) is 43.1 Å². The first kappa shape index (κ1) is 18.2. The van der Waals surface area contributed by atoms with Crippen molar-refractivity contribution < 1.29 is 14.7 Å². The first-order chi connectivity index (χ1) is 12.0. The fourth-order valence-electron chi connectivity index (χ4n) is 4.06. The van der Waals surface area contributed by atoms with E-state index in [9.17, 15) is 9.59 Å². The van der Waals surface area contributed by atoms with Gasteiger partial charge in [-0.25, -0.2) is 0 Å². The number of aliphatic hydroxyl groups is 1.